The van der Waals surface area contributed by atoms with Gasteiger partial charge in [-0.15, -0.1) is 0 Å². The summed E-state index contributed by atoms with van der Waals surface area (Å²) < 4.78 is 5.52. The van der Waals surface area contributed by atoms with Crippen molar-refractivity contribution in [3.05, 3.63) is 59.7 Å². The third-order valence-electron chi connectivity index (χ3n) is 5.72. The number of carboxylic acid groups (broad SMARTS) is 1. The maximum Gasteiger partial charge on any atom is 0.407 e. The molecule has 0 unspecified atom stereocenters. The number of alkyl carbamates (subject to hydrolysis) is 1. The number of hydrogen-bond donors (Lipinski definition) is 3. The monoisotopic (exact) mass is 438 g/mol. The minimum Gasteiger partial charge on any atom is -0.480 e. The molecular formula is C25H30N2O5. The molecular weight excluding hydrogens is 408 g/mol. The molecule has 2 aromatic rings. The number of amides is 2. The molecule has 0 spiro atoms. The third-order valence-corrected chi connectivity index (χ3v) is 5.72. The minimum atomic E-state index is -1.09. The van der Waals surface area contributed by atoms with Gasteiger partial charge in [-0.05, 0) is 35.1 Å². The second-order valence-electron chi connectivity index (χ2n) is 8.00. The van der Waals surface area contributed by atoms with E-state index in [1.807, 2.05) is 50.2 Å². The molecule has 0 aliphatic heterocycles. The number of hydrogen-bond acceptors (Lipinski definition) is 4. The van der Waals surface area contributed by atoms with Crippen molar-refractivity contribution in [2.45, 2.75) is 57.5 Å². The Labute approximate surface area is 188 Å². The van der Waals surface area contributed by atoms with Gasteiger partial charge in [0.25, 0.3) is 0 Å². The van der Waals surface area contributed by atoms with E-state index in [9.17, 15) is 19.5 Å². The first kappa shape index (κ1) is 23.3. The SMILES string of the molecule is CCC[C@H](NC(=O)OCC1c2ccccc2-c2ccccc21)C(=O)N[C@H](CCC)C(=O)O. The van der Waals surface area contributed by atoms with Crippen LogP contribution in [-0.2, 0) is 14.3 Å². The predicted octanol–water partition coefficient (Wildman–Crippen LogP) is 4.06. The van der Waals surface area contributed by atoms with Crippen LogP contribution in [0.2, 0.25) is 0 Å². The highest BCUT2D eigenvalue weighted by atomic mass is 16.5. The van der Waals surface area contributed by atoms with E-state index >= 15 is 0 Å². The van der Waals surface area contributed by atoms with Crippen LogP contribution in [0.15, 0.2) is 48.5 Å². The summed E-state index contributed by atoms with van der Waals surface area (Å²) in [5.74, 6) is -1.68. The van der Waals surface area contributed by atoms with Crippen LogP contribution >= 0.6 is 0 Å². The highest BCUT2D eigenvalue weighted by Gasteiger charge is 2.30. The van der Waals surface area contributed by atoms with E-state index in [1.54, 1.807) is 0 Å². The Hall–Kier alpha value is -3.35. The predicted molar refractivity (Wildman–Crippen MR) is 121 cm³/mol. The summed E-state index contributed by atoms with van der Waals surface area (Å²) in [6.45, 7) is 3.88. The van der Waals surface area contributed by atoms with Crippen LogP contribution in [-0.4, -0.2) is 41.8 Å². The summed E-state index contributed by atoms with van der Waals surface area (Å²) in [7, 11) is 0. The standard InChI is InChI=1S/C25H30N2O5/c1-3-9-21(23(28)26-22(10-4-2)24(29)30)27-25(31)32-15-20-18-13-7-5-11-16(18)17-12-6-8-14-19(17)20/h5-8,11-14,20-22H,3-4,9-10,15H2,1-2H3,(H,26,28)(H,27,31)(H,29,30)/t21-,22+/m0/s1. The van der Waals surface area contributed by atoms with Crippen LogP contribution < -0.4 is 10.6 Å². The minimum absolute atomic E-state index is 0.0763. The van der Waals surface area contributed by atoms with Crippen LogP contribution in [0.4, 0.5) is 4.79 Å². The molecule has 32 heavy (non-hydrogen) atoms. The molecule has 0 fully saturated rings. The van der Waals surface area contributed by atoms with Crippen molar-refractivity contribution >= 4 is 18.0 Å². The number of carbonyl (C=O) groups is 3. The lowest BCUT2D eigenvalue weighted by molar-refractivity contribution is -0.142. The van der Waals surface area contributed by atoms with Crippen molar-refractivity contribution in [3.8, 4) is 11.1 Å². The highest BCUT2D eigenvalue weighted by Crippen LogP contribution is 2.44. The van der Waals surface area contributed by atoms with Crippen molar-refractivity contribution in [1.29, 1.82) is 0 Å². The van der Waals surface area contributed by atoms with Crippen molar-refractivity contribution in [2.24, 2.45) is 0 Å². The Morgan fingerprint density at radius 2 is 1.41 bits per heavy atom. The van der Waals surface area contributed by atoms with Gasteiger partial charge in [0.1, 0.15) is 18.7 Å². The van der Waals surface area contributed by atoms with Crippen LogP contribution in [0.3, 0.4) is 0 Å². The van der Waals surface area contributed by atoms with Gasteiger partial charge in [0.15, 0.2) is 0 Å². The zero-order valence-corrected chi connectivity index (χ0v) is 18.5. The number of aliphatic carboxylic acids is 1. The van der Waals surface area contributed by atoms with Crippen molar-refractivity contribution < 1.29 is 24.2 Å². The maximum absolute atomic E-state index is 12.6. The molecule has 1 aliphatic rings. The molecule has 0 bridgehead atoms. The zero-order valence-electron chi connectivity index (χ0n) is 18.5. The number of ether oxygens (including phenoxy) is 1. The lowest BCUT2D eigenvalue weighted by atomic mass is 9.98. The zero-order chi connectivity index (χ0) is 23.1. The molecule has 0 saturated carbocycles. The largest absolute Gasteiger partial charge is 0.480 e. The van der Waals surface area contributed by atoms with Gasteiger partial charge in [0.05, 0.1) is 0 Å². The third kappa shape index (κ3) is 5.28. The Balaban J connectivity index is 1.64. The number of fused-ring (bicyclic) bond motifs is 3. The van der Waals surface area contributed by atoms with E-state index in [0.29, 0.717) is 25.7 Å². The second kappa shape index (κ2) is 10.8. The average Bonchev–Trinajstić information content (AvgIpc) is 3.10. The lowest BCUT2D eigenvalue weighted by Gasteiger charge is -2.21. The van der Waals surface area contributed by atoms with E-state index in [4.69, 9.17) is 4.74 Å². The van der Waals surface area contributed by atoms with Crippen molar-refractivity contribution in [2.75, 3.05) is 6.61 Å². The van der Waals surface area contributed by atoms with Crippen LogP contribution in [0, 0.1) is 0 Å². The molecule has 0 heterocycles. The van der Waals surface area contributed by atoms with Crippen molar-refractivity contribution in [3.63, 3.8) is 0 Å². The van der Waals surface area contributed by atoms with Gasteiger partial charge >= 0.3 is 12.1 Å². The topological polar surface area (TPSA) is 105 Å². The van der Waals surface area contributed by atoms with Gasteiger partial charge in [0, 0.05) is 5.92 Å². The number of carboxylic acids is 1. The Morgan fingerprint density at radius 1 is 0.875 bits per heavy atom. The molecule has 3 rings (SSSR count). The van der Waals surface area contributed by atoms with E-state index in [1.165, 1.54) is 0 Å². The van der Waals surface area contributed by atoms with Crippen molar-refractivity contribution in [1.82, 2.24) is 10.6 Å². The highest BCUT2D eigenvalue weighted by molar-refractivity contribution is 5.89. The molecule has 2 atom stereocenters. The van der Waals surface area contributed by atoms with E-state index in [-0.39, 0.29) is 12.5 Å². The summed E-state index contributed by atoms with van der Waals surface area (Å²) in [5, 5.41) is 14.4. The molecule has 0 saturated heterocycles. The van der Waals surface area contributed by atoms with E-state index in [2.05, 4.69) is 22.8 Å². The summed E-state index contributed by atoms with van der Waals surface area (Å²) in [5.41, 5.74) is 4.48. The molecule has 0 radical (unpaired) electrons. The number of nitrogens with one attached hydrogen (secondary N) is 2. The lowest BCUT2D eigenvalue weighted by Crippen LogP contribution is -2.51. The van der Waals surface area contributed by atoms with Gasteiger partial charge in [-0.25, -0.2) is 9.59 Å². The molecule has 1 aliphatic carbocycles. The van der Waals surface area contributed by atoms with Crippen LogP contribution in [0.25, 0.3) is 11.1 Å². The van der Waals surface area contributed by atoms with E-state index in [0.717, 1.165) is 22.3 Å². The number of benzene rings is 2. The van der Waals surface area contributed by atoms with Crippen LogP contribution in [0.5, 0.6) is 0 Å². The quantitative estimate of drug-likeness (QED) is 0.519. The Kier molecular flexibility index (Phi) is 7.87. The molecule has 2 amide bonds. The molecule has 2 aromatic carbocycles. The Morgan fingerprint density at radius 3 is 1.94 bits per heavy atom. The molecule has 7 heteroatoms. The maximum atomic E-state index is 12.6. The first-order chi connectivity index (χ1) is 15.5. The average molecular weight is 439 g/mol. The van der Waals surface area contributed by atoms with Gasteiger partial charge in [-0.2, -0.15) is 0 Å². The second-order valence-corrected chi connectivity index (χ2v) is 8.00. The summed E-state index contributed by atoms with van der Waals surface area (Å²) in [6.07, 6.45) is 1.28. The van der Waals surface area contributed by atoms with Crippen LogP contribution in [0.1, 0.15) is 56.6 Å². The Bertz CT molecular complexity index is 929. The molecule has 0 aromatic heterocycles. The molecule has 7 nitrogen and oxygen atoms in total. The van der Waals surface area contributed by atoms with Gasteiger partial charge < -0.3 is 20.5 Å². The molecule has 170 valence electrons. The first-order valence-electron chi connectivity index (χ1n) is 11.1. The summed E-state index contributed by atoms with van der Waals surface area (Å²) in [4.78, 5) is 36.5. The van der Waals surface area contributed by atoms with Gasteiger partial charge in [-0.1, -0.05) is 75.2 Å². The number of rotatable bonds is 10. The fourth-order valence-corrected chi connectivity index (χ4v) is 4.16. The smallest absolute Gasteiger partial charge is 0.407 e. The van der Waals surface area contributed by atoms with E-state index < -0.39 is 30.1 Å². The fraction of sp³-hybridized carbons (Fsp3) is 0.400. The first-order valence-corrected chi connectivity index (χ1v) is 11.1. The summed E-state index contributed by atoms with van der Waals surface area (Å²) in [6, 6.07) is 14.3. The number of carbonyl (C=O) groups excluding carboxylic acids is 2. The molecule has 3 N–H and O–H groups in total. The summed E-state index contributed by atoms with van der Waals surface area (Å²) >= 11 is 0. The normalized spacial score (nSPS) is 14.1. The van der Waals surface area contributed by atoms with Gasteiger partial charge in [-0.3, -0.25) is 4.79 Å². The fourth-order valence-electron chi connectivity index (χ4n) is 4.16. The van der Waals surface area contributed by atoms with Gasteiger partial charge in [0.2, 0.25) is 5.91 Å².